The molecule has 1 aromatic rings. The largest absolute Gasteiger partial charge is 0.483 e. The summed E-state index contributed by atoms with van der Waals surface area (Å²) in [4.78, 5) is 25.1. The molecule has 0 bridgehead atoms. The Bertz CT molecular complexity index is 295. The molecule has 1 unspecified atom stereocenters. The quantitative estimate of drug-likeness (QED) is 0.525. The molecule has 0 fully saturated rings. The normalized spacial score (nSPS) is 9.31. The zero-order valence-electron chi connectivity index (χ0n) is 8.02. The highest BCUT2D eigenvalue weighted by atomic mass is 31.1. The Morgan fingerprint density at radius 3 is 1.75 bits per heavy atom. The average Bonchev–Trinajstić information content (AvgIpc) is 2.20. The number of carboxylic acid groups (broad SMARTS) is 2. The molecule has 0 aliphatic heterocycles. The lowest BCUT2D eigenvalue weighted by molar-refractivity contribution is -0.123. The second kappa shape index (κ2) is 13.2. The van der Waals surface area contributed by atoms with E-state index in [0.29, 0.717) is 5.75 Å². The van der Waals surface area contributed by atoms with Crippen LogP contribution in [0, 0.1) is 0 Å². The van der Waals surface area contributed by atoms with Crippen LogP contribution < -0.4 is 4.52 Å². The minimum atomic E-state index is -2.84. The third kappa shape index (κ3) is 14.7. The Hall–Kier alpha value is -1.85. The smallest absolute Gasteiger partial charge is 0.365 e. The van der Waals surface area contributed by atoms with Gasteiger partial charge in [-0.2, -0.15) is 0 Å². The van der Waals surface area contributed by atoms with Gasteiger partial charge >= 0.3 is 8.25 Å². The fourth-order valence-electron chi connectivity index (χ4n) is 0.589. The van der Waals surface area contributed by atoms with Crippen LogP contribution in [0.25, 0.3) is 0 Å². The van der Waals surface area contributed by atoms with Crippen LogP contribution in [0.1, 0.15) is 0 Å². The van der Waals surface area contributed by atoms with E-state index in [2.05, 4.69) is 4.52 Å². The lowest BCUT2D eigenvalue weighted by Gasteiger charge is -1.98. The first kappa shape index (κ1) is 16.6. The molecule has 1 aromatic carbocycles. The van der Waals surface area contributed by atoms with Crippen molar-refractivity contribution >= 4 is 21.2 Å². The van der Waals surface area contributed by atoms with Crippen molar-refractivity contribution in [2.75, 3.05) is 0 Å². The standard InChI is InChI=1S/C6H7O3P.2CH2O2/c7-10(8)9-6-4-2-1-3-5-6;2*2-1-3/h1-5,10H,(H,7,8);2*1H,(H,2,3). The summed E-state index contributed by atoms with van der Waals surface area (Å²) >= 11 is 0. The number of hydrogen-bond donors (Lipinski definition) is 3. The lowest BCUT2D eigenvalue weighted by atomic mass is 10.3. The van der Waals surface area contributed by atoms with E-state index >= 15 is 0 Å². The van der Waals surface area contributed by atoms with Crippen molar-refractivity contribution < 1.29 is 33.8 Å². The molecule has 0 aromatic heterocycles. The van der Waals surface area contributed by atoms with Gasteiger partial charge in [-0.1, -0.05) is 18.2 Å². The monoisotopic (exact) mass is 250 g/mol. The summed E-state index contributed by atoms with van der Waals surface area (Å²) in [5.41, 5.74) is 0. The van der Waals surface area contributed by atoms with E-state index in [1.54, 1.807) is 30.3 Å². The van der Waals surface area contributed by atoms with Crippen LogP contribution in [0.5, 0.6) is 5.75 Å². The summed E-state index contributed by atoms with van der Waals surface area (Å²) in [6.45, 7) is -0.500. The summed E-state index contributed by atoms with van der Waals surface area (Å²) in [6.07, 6.45) is 0. The zero-order chi connectivity index (χ0) is 12.8. The van der Waals surface area contributed by atoms with Gasteiger partial charge in [-0.25, -0.2) is 4.57 Å². The molecule has 0 aliphatic rings. The van der Waals surface area contributed by atoms with E-state index in [4.69, 9.17) is 24.7 Å². The molecule has 1 atom stereocenters. The fourth-order valence-corrected chi connectivity index (χ4v) is 0.927. The van der Waals surface area contributed by atoms with E-state index in [1.165, 1.54) is 0 Å². The Balaban J connectivity index is 0. The van der Waals surface area contributed by atoms with Crippen LogP contribution in [-0.2, 0) is 14.2 Å². The molecule has 16 heavy (non-hydrogen) atoms. The Morgan fingerprint density at radius 2 is 1.44 bits per heavy atom. The van der Waals surface area contributed by atoms with Gasteiger partial charge in [0.05, 0.1) is 0 Å². The first-order valence-corrected chi connectivity index (χ1v) is 5.00. The third-order valence-electron chi connectivity index (χ3n) is 0.948. The maximum atomic E-state index is 10.1. The minimum absolute atomic E-state index is 0.250. The number of hydrogen-bond acceptors (Lipinski definition) is 4. The predicted molar refractivity (Wildman–Crippen MR) is 55.7 cm³/mol. The maximum Gasteiger partial charge on any atom is 0.365 e. The van der Waals surface area contributed by atoms with Gasteiger partial charge in [-0.05, 0) is 12.1 Å². The Labute approximate surface area is 91.9 Å². The van der Waals surface area contributed by atoms with Gasteiger partial charge in [0.1, 0.15) is 5.75 Å². The molecule has 0 saturated heterocycles. The van der Waals surface area contributed by atoms with Crippen LogP contribution in [0.3, 0.4) is 0 Å². The zero-order valence-corrected chi connectivity index (χ0v) is 9.02. The van der Waals surface area contributed by atoms with Crippen molar-refractivity contribution in [3.63, 3.8) is 0 Å². The molecule has 0 radical (unpaired) electrons. The van der Waals surface area contributed by atoms with Crippen LogP contribution >= 0.6 is 8.25 Å². The number of para-hydroxylation sites is 1. The summed E-state index contributed by atoms with van der Waals surface area (Å²) in [6, 6.07) is 8.53. The Kier molecular flexibility index (Phi) is 13.6. The van der Waals surface area contributed by atoms with Crippen LogP contribution in [0.15, 0.2) is 30.3 Å². The van der Waals surface area contributed by atoms with Gasteiger partial charge in [0.15, 0.2) is 0 Å². The summed E-state index contributed by atoms with van der Waals surface area (Å²) in [5, 5.41) is 13.8. The van der Waals surface area contributed by atoms with Crippen molar-refractivity contribution in [2.24, 2.45) is 0 Å². The van der Waals surface area contributed by atoms with Crippen molar-refractivity contribution in [1.82, 2.24) is 0 Å². The van der Waals surface area contributed by atoms with Crippen LogP contribution in [0.2, 0.25) is 0 Å². The Morgan fingerprint density at radius 1 is 1.06 bits per heavy atom. The minimum Gasteiger partial charge on any atom is -0.483 e. The third-order valence-corrected chi connectivity index (χ3v) is 1.36. The second-order valence-electron chi connectivity index (χ2n) is 1.89. The van der Waals surface area contributed by atoms with E-state index in [-0.39, 0.29) is 12.9 Å². The topological polar surface area (TPSA) is 121 Å². The van der Waals surface area contributed by atoms with E-state index in [1.807, 2.05) is 0 Å². The number of rotatable bonds is 2. The highest BCUT2D eigenvalue weighted by Crippen LogP contribution is 2.21. The first-order valence-electron chi connectivity index (χ1n) is 3.73. The highest BCUT2D eigenvalue weighted by Gasteiger charge is 1.92. The molecule has 0 heterocycles. The van der Waals surface area contributed by atoms with Crippen molar-refractivity contribution in [3.05, 3.63) is 30.3 Å². The lowest BCUT2D eigenvalue weighted by Crippen LogP contribution is -1.77. The summed E-state index contributed by atoms with van der Waals surface area (Å²) in [7, 11) is -2.84. The fraction of sp³-hybridized carbons (Fsp3) is 0. The van der Waals surface area contributed by atoms with Gasteiger partial charge in [0.2, 0.25) is 0 Å². The molecule has 0 amide bonds. The van der Waals surface area contributed by atoms with Crippen LogP contribution in [0.4, 0.5) is 0 Å². The van der Waals surface area contributed by atoms with Gasteiger partial charge in [0, 0.05) is 0 Å². The first-order chi connectivity index (χ1) is 7.62. The molecule has 3 N–H and O–H groups in total. The summed E-state index contributed by atoms with van der Waals surface area (Å²) < 4.78 is 14.6. The molecular weight excluding hydrogens is 239 g/mol. The molecule has 8 heteroatoms. The van der Waals surface area contributed by atoms with Gasteiger partial charge < -0.3 is 19.6 Å². The van der Waals surface area contributed by atoms with E-state index in [0.717, 1.165) is 0 Å². The van der Waals surface area contributed by atoms with E-state index in [9.17, 15) is 4.57 Å². The van der Waals surface area contributed by atoms with Gasteiger partial charge in [-0.3, -0.25) is 9.59 Å². The van der Waals surface area contributed by atoms with Crippen LogP contribution in [-0.4, -0.2) is 28.1 Å². The van der Waals surface area contributed by atoms with E-state index < -0.39 is 8.25 Å². The number of carbonyl (C=O) groups is 2. The SMILES string of the molecule is O=CO.O=CO.O=[PH](O)Oc1ccccc1. The summed E-state index contributed by atoms with van der Waals surface area (Å²) in [5.74, 6) is 0.425. The van der Waals surface area contributed by atoms with Crippen molar-refractivity contribution in [3.8, 4) is 5.75 Å². The van der Waals surface area contributed by atoms with Gasteiger partial charge in [-0.15, -0.1) is 0 Å². The molecule has 0 spiro atoms. The number of benzene rings is 1. The van der Waals surface area contributed by atoms with Crippen molar-refractivity contribution in [2.45, 2.75) is 0 Å². The predicted octanol–water partition coefficient (Wildman–Crippen LogP) is 0.849. The molecule has 90 valence electrons. The second-order valence-corrected chi connectivity index (χ2v) is 2.63. The molecule has 7 nitrogen and oxygen atoms in total. The molecule has 1 rings (SSSR count). The molecular formula is C8H11O7P. The molecule has 0 saturated carbocycles. The highest BCUT2D eigenvalue weighted by molar-refractivity contribution is 7.32. The van der Waals surface area contributed by atoms with Crippen molar-refractivity contribution in [1.29, 1.82) is 0 Å². The maximum absolute atomic E-state index is 10.1. The molecule has 0 aliphatic carbocycles. The average molecular weight is 250 g/mol. The van der Waals surface area contributed by atoms with Gasteiger partial charge in [0.25, 0.3) is 12.9 Å².